The molecule has 0 bridgehead atoms. The largest absolute Gasteiger partial charge is 0.497 e. The first-order chi connectivity index (χ1) is 18.3. The highest BCUT2D eigenvalue weighted by Crippen LogP contribution is 2.36. The third kappa shape index (κ3) is 6.85. The standard InChI is InChI=1S/C26H31FN6O5/c1-5-32(6-2)14-13-28-24(34)19-9-7-17(15-20(19)27)30-25-29-12-11-23(31-25)33(26(35)36)21-10-8-18(37-3)16-22(21)38-4/h7-12,15-16H,5-6,13-14H2,1-4H3,(H,28,34)(H,35,36)(H,29,30,31). The van der Waals surface area contributed by atoms with E-state index in [9.17, 15) is 19.1 Å². The molecule has 2 aromatic carbocycles. The molecule has 1 aromatic heterocycles. The number of methoxy groups -OCH3 is 2. The summed E-state index contributed by atoms with van der Waals surface area (Å²) in [5.74, 6) is -0.427. The number of benzene rings is 2. The number of rotatable bonds is 12. The molecular weight excluding hydrogens is 495 g/mol. The number of aromatic nitrogens is 2. The van der Waals surface area contributed by atoms with Gasteiger partial charge in [-0.2, -0.15) is 4.98 Å². The highest BCUT2D eigenvalue weighted by Gasteiger charge is 2.23. The fourth-order valence-electron chi connectivity index (χ4n) is 3.70. The lowest BCUT2D eigenvalue weighted by molar-refractivity contribution is 0.0945. The molecular formula is C26H31FN6O5. The summed E-state index contributed by atoms with van der Waals surface area (Å²) in [4.78, 5) is 36.0. The smallest absolute Gasteiger partial charge is 0.417 e. The number of carbonyl (C=O) groups is 2. The molecule has 0 radical (unpaired) electrons. The number of hydrogen-bond acceptors (Lipinski definition) is 8. The number of nitrogens with one attached hydrogen (secondary N) is 2. The number of ether oxygens (including phenoxy) is 2. The maximum Gasteiger partial charge on any atom is 0.417 e. The van der Waals surface area contributed by atoms with Crippen LogP contribution in [-0.2, 0) is 0 Å². The molecule has 0 saturated heterocycles. The van der Waals surface area contributed by atoms with Gasteiger partial charge in [0.1, 0.15) is 23.1 Å². The summed E-state index contributed by atoms with van der Waals surface area (Å²) in [7, 11) is 2.90. The topological polar surface area (TPSA) is 129 Å². The first-order valence-corrected chi connectivity index (χ1v) is 12.0. The van der Waals surface area contributed by atoms with Crippen molar-refractivity contribution in [2.75, 3.05) is 50.6 Å². The van der Waals surface area contributed by atoms with Gasteiger partial charge in [0.15, 0.2) is 0 Å². The molecule has 202 valence electrons. The SMILES string of the molecule is CCN(CC)CCNC(=O)c1ccc(Nc2nccc(N(C(=O)O)c3ccc(OC)cc3OC)n2)cc1F. The molecule has 1 heterocycles. The Balaban J connectivity index is 1.78. The van der Waals surface area contributed by atoms with Crippen LogP contribution in [0.3, 0.4) is 0 Å². The molecule has 12 heteroatoms. The first-order valence-electron chi connectivity index (χ1n) is 12.0. The van der Waals surface area contributed by atoms with Crippen LogP contribution >= 0.6 is 0 Å². The van der Waals surface area contributed by atoms with Gasteiger partial charge in [-0.15, -0.1) is 0 Å². The zero-order valence-corrected chi connectivity index (χ0v) is 21.7. The van der Waals surface area contributed by atoms with Crippen molar-refractivity contribution in [2.45, 2.75) is 13.8 Å². The Labute approximate surface area is 220 Å². The number of halogens is 1. The Morgan fingerprint density at radius 2 is 1.82 bits per heavy atom. The van der Waals surface area contributed by atoms with Gasteiger partial charge < -0.3 is 30.1 Å². The van der Waals surface area contributed by atoms with Crippen LogP contribution < -0.4 is 25.0 Å². The van der Waals surface area contributed by atoms with Crippen LogP contribution in [-0.4, -0.2) is 72.4 Å². The van der Waals surface area contributed by atoms with Gasteiger partial charge >= 0.3 is 6.09 Å². The van der Waals surface area contributed by atoms with Gasteiger partial charge in [0.25, 0.3) is 5.91 Å². The average Bonchev–Trinajstić information content (AvgIpc) is 2.91. The van der Waals surface area contributed by atoms with E-state index in [2.05, 4.69) is 25.5 Å². The minimum absolute atomic E-state index is 0.0250. The number of carbonyl (C=O) groups excluding carboxylic acids is 1. The molecule has 0 aliphatic rings. The van der Waals surface area contributed by atoms with E-state index in [1.54, 1.807) is 12.1 Å². The van der Waals surface area contributed by atoms with Gasteiger partial charge in [0, 0.05) is 37.1 Å². The maximum absolute atomic E-state index is 14.7. The van der Waals surface area contributed by atoms with Gasteiger partial charge in [-0.1, -0.05) is 13.8 Å². The molecule has 2 amide bonds. The summed E-state index contributed by atoms with van der Waals surface area (Å²) >= 11 is 0. The van der Waals surface area contributed by atoms with Crippen LogP contribution in [0.2, 0.25) is 0 Å². The van der Waals surface area contributed by atoms with E-state index in [4.69, 9.17) is 9.47 Å². The molecule has 3 N–H and O–H groups in total. The molecule has 0 fully saturated rings. The Morgan fingerprint density at radius 3 is 2.45 bits per heavy atom. The van der Waals surface area contributed by atoms with Gasteiger partial charge in [-0.05, 0) is 43.4 Å². The second-order valence-corrected chi connectivity index (χ2v) is 8.00. The number of hydrogen-bond donors (Lipinski definition) is 3. The predicted octanol–water partition coefficient (Wildman–Crippen LogP) is 4.26. The molecule has 3 rings (SSSR count). The van der Waals surface area contributed by atoms with Crippen LogP contribution in [0.15, 0.2) is 48.7 Å². The second kappa shape index (κ2) is 13.2. The van der Waals surface area contributed by atoms with E-state index in [1.165, 1.54) is 44.7 Å². The fraction of sp³-hybridized carbons (Fsp3) is 0.308. The van der Waals surface area contributed by atoms with Crippen LogP contribution in [0.4, 0.5) is 32.3 Å². The molecule has 0 aliphatic heterocycles. The molecule has 38 heavy (non-hydrogen) atoms. The van der Waals surface area contributed by atoms with E-state index >= 15 is 0 Å². The summed E-state index contributed by atoms with van der Waals surface area (Å²) in [6.07, 6.45) is 0.0607. The third-order valence-electron chi connectivity index (χ3n) is 5.77. The molecule has 3 aromatic rings. The minimum Gasteiger partial charge on any atom is -0.497 e. The van der Waals surface area contributed by atoms with Crippen molar-refractivity contribution in [2.24, 2.45) is 0 Å². The highest BCUT2D eigenvalue weighted by atomic mass is 19.1. The van der Waals surface area contributed by atoms with Gasteiger partial charge in [0.05, 0.1) is 25.5 Å². The van der Waals surface area contributed by atoms with Crippen molar-refractivity contribution < 1.29 is 28.6 Å². The first kappa shape index (κ1) is 28.1. The third-order valence-corrected chi connectivity index (χ3v) is 5.77. The molecule has 0 aliphatic carbocycles. The monoisotopic (exact) mass is 526 g/mol. The lowest BCUT2D eigenvalue weighted by Crippen LogP contribution is -2.35. The van der Waals surface area contributed by atoms with Crippen LogP contribution in [0.1, 0.15) is 24.2 Å². The summed E-state index contributed by atoms with van der Waals surface area (Å²) in [5, 5.41) is 15.5. The van der Waals surface area contributed by atoms with Gasteiger partial charge in [-0.3, -0.25) is 4.79 Å². The van der Waals surface area contributed by atoms with E-state index in [1.807, 2.05) is 13.8 Å². The van der Waals surface area contributed by atoms with Crippen molar-refractivity contribution in [3.05, 3.63) is 60.0 Å². The lowest BCUT2D eigenvalue weighted by Gasteiger charge is -2.21. The summed E-state index contributed by atoms with van der Waals surface area (Å²) in [6.45, 7) is 6.87. The Hall–Kier alpha value is -4.45. The summed E-state index contributed by atoms with van der Waals surface area (Å²) in [5.41, 5.74) is 0.407. The zero-order chi connectivity index (χ0) is 27.7. The fourth-order valence-corrected chi connectivity index (χ4v) is 3.70. The van der Waals surface area contributed by atoms with E-state index in [0.717, 1.165) is 24.1 Å². The number of amides is 2. The van der Waals surface area contributed by atoms with Crippen molar-refractivity contribution in [1.29, 1.82) is 0 Å². The molecule has 0 saturated carbocycles. The maximum atomic E-state index is 14.7. The van der Waals surface area contributed by atoms with E-state index in [-0.39, 0.29) is 34.5 Å². The Morgan fingerprint density at radius 1 is 1.05 bits per heavy atom. The molecule has 0 unspecified atom stereocenters. The average molecular weight is 527 g/mol. The van der Waals surface area contributed by atoms with Gasteiger partial charge in [-0.25, -0.2) is 19.1 Å². The minimum atomic E-state index is -1.31. The Bertz CT molecular complexity index is 1270. The quantitative estimate of drug-likeness (QED) is 0.317. The predicted molar refractivity (Wildman–Crippen MR) is 142 cm³/mol. The van der Waals surface area contributed by atoms with Crippen molar-refractivity contribution in [1.82, 2.24) is 20.2 Å². The number of nitrogens with zero attached hydrogens (tertiary/aromatic N) is 4. The Kier molecular flexibility index (Phi) is 9.77. The van der Waals surface area contributed by atoms with Crippen molar-refractivity contribution in [3.8, 4) is 11.5 Å². The molecule has 11 nitrogen and oxygen atoms in total. The van der Waals surface area contributed by atoms with Gasteiger partial charge in [0.2, 0.25) is 5.95 Å². The zero-order valence-electron chi connectivity index (χ0n) is 21.7. The number of anilines is 4. The molecule has 0 atom stereocenters. The normalized spacial score (nSPS) is 10.7. The summed E-state index contributed by atoms with van der Waals surface area (Å²) in [6, 6.07) is 10.1. The number of likely N-dealkylation sites (N-methyl/N-ethyl adjacent to an activating group) is 1. The van der Waals surface area contributed by atoms with Crippen LogP contribution in [0, 0.1) is 5.82 Å². The molecule has 0 spiro atoms. The van der Waals surface area contributed by atoms with E-state index < -0.39 is 17.8 Å². The highest BCUT2D eigenvalue weighted by molar-refractivity contribution is 5.96. The van der Waals surface area contributed by atoms with Crippen molar-refractivity contribution in [3.63, 3.8) is 0 Å². The van der Waals surface area contributed by atoms with E-state index in [0.29, 0.717) is 18.8 Å². The lowest BCUT2D eigenvalue weighted by atomic mass is 10.1. The second-order valence-electron chi connectivity index (χ2n) is 8.00. The number of carboxylic acid groups (broad SMARTS) is 1. The van der Waals surface area contributed by atoms with Crippen LogP contribution in [0.25, 0.3) is 0 Å². The van der Waals surface area contributed by atoms with Crippen molar-refractivity contribution >= 4 is 35.1 Å². The van der Waals surface area contributed by atoms with Crippen LogP contribution in [0.5, 0.6) is 11.5 Å². The summed E-state index contributed by atoms with van der Waals surface area (Å²) < 4.78 is 25.3.